The van der Waals surface area contributed by atoms with Gasteiger partial charge in [0.15, 0.2) is 0 Å². The molecule has 0 aromatic heterocycles. The number of carbonyl (C=O) groups is 1. The molecule has 0 spiro atoms. The van der Waals surface area contributed by atoms with E-state index >= 15 is 0 Å². The monoisotopic (exact) mass is 203 g/mol. The molecule has 1 rings (SSSR count). The SMILES string of the molecule is CCO[Si]1(OCC)CCCN1C=O. The number of amides is 1. The molecule has 1 amide bonds. The minimum Gasteiger partial charge on any atom is -0.379 e. The van der Waals surface area contributed by atoms with E-state index in [0.717, 1.165) is 25.4 Å². The van der Waals surface area contributed by atoms with Crippen molar-refractivity contribution in [3.63, 3.8) is 0 Å². The zero-order valence-corrected chi connectivity index (χ0v) is 9.28. The van der Waals surface area contributed by atoms with Crippen LogP contribution in [-0.2, 0) is 13.6 Å². The second-order valence-corrected chi connectivity index (χ2v) is 6.06. The van der Waals surface area contributed by atoms with E-state index < -0.39 is 8.72 Å². The van der Waals surface area contributed by atoms with Crippen LogP contribution in [0.2, 0.25) is 6.04 Å². The third-order valence-corrected chi connectivity index (χ3v) is 5.87. The van der Waals surface area contributed by atoms with Crippen LogP contribution < -0.4 is 0 Å². The van der Waals surface area contributed by atoms with Crippen LogP contribution in [0.25, 0.3) is 0 Å². The lowest BCUT2D eigenvalue weighted by atomic mass is 10.5. The van der Waals surface area contributed by atoms with Gasteiger partial charge in [-0.3, -0.25) is 4.79 Å². The Hall–Kier alpha value is -0.393. The van der Waals surface area contributed by atoms with E-state index in [1.165, 1.54) is 0 Å². The van der Waals surface area contributed by atoms with Gasteiger partial charge in [-0.05, 0) is 20.3 Å². The Morgan fingerprint density at radius 3 is 2.46 bits per heavy atom. The second-order valence-electron chi connectivity index (χ2n) is 2.98. The molecule has 1 fully saturated rings. The van der Waals surface area contributed by atoms with Gasteiger partial charge >= 0.3 is 8.72 Å². The summed E-state index contributed by atoms with van der Waals surface area (Å²) >= 11 is 0. The maximum atomic E-state index is 10.8. The Balaban J connectivity index is 2.68. The normalized spacial score (nSPS) is 20.6. The van der Waals surface area contributed by atoms with E-state index in [9.17, 15) is 4.79 Å². The summed E-state index contributed by atoms with van der Waals surface area (Å²) in [5.74, 6) is 0. The topological polar surface area (TPSA) is 38.8 Å². The van der Waals surface area contributed by atoms with Crippen molar-refractivity contribution in [2.45, 2.75) is 26.3 Å². The van der Waals surface area contributed by atoms with Gasteiger partial charge in [-0.2, -0.15) is 0 Å². The molecule has 0 atom stereocenters. The van der Waals surface area contributed by atoms with E-state index in [0.29, 0.717) is 13.2 Å². The molecule has 4 nitrogen and oxygen atoms in total. The lowest BCUT2D eigenvalue weighted by molar-refractivity contribution is -0.115. The zero-order valence-electron chi connectivity index (χ0n) is 8.28. The molecule has 13 heavy (non-hydrogen) atoms. The van der Waals surface area contributed by atoms with Crippen molar-refractivity contribution in [1.82, 2.24) is 4.57 Å². The first-order chi connectivity index (χ1) is 6.29. The second kappa shape index (κ2) is 4.73. The fourth-order valence-electron chi connectivity index (χ4n) is 1.72. The molecule has 0 unspecified atom stereocenters. The lowest BCUT2D eigenvalue weighted by Gasteiger charge is -2.30. The van der Waals surface area contributed by atoms with E-state index in [1.807, 2.05) is 13.8 Å². The van der Waals surface area contributed by atoms with Gasteiger partial charge in [0.25, 0.3) is 0 Å². The number of hydrogen-bond acceptors (Lipinski definition) is 3. The smallest absolute Gasteiger partial charge is 0.379 e. The summed E-state index contributed by atoms with van der Waals surface area (Å²) < 4.78 is 13.0. The van der Waals surface area contributed by atoms with Gasteiger partial charge in [-0.1, -0.05) is 0 Å². The highest BCUT2D eigenvalue weighted by molar-refractivity contribution is 6.67. The Labute approximate surface area is 80.1 Å². The number of carbonyl (C=O) groups excluding carboxylic acids is 1. The van der Waals surface area contributed by atoms with Crippen molar-refractivity contribution >= 4 is 15.1 Å². The van der Waals surface area contributed by atoms with Crippen LogP contribution in [0.3, 0.4) is 0 Å². The van der Waals surface area contributed by atoms with Crippen LogP contribution in [0.1, 0.15) is 20.3 Å². The maximum absolute atomic E-state index is 10.8. The molecule has 0 N–H and O–H groups in total. The molecule has 1 saturated heterocycles. The van der Waals surface area contributed by atoms with E-state index in [-0.39, 0.29) is 0 Å². The summed E-state index contributed by atoms with van der Waals surface area (Å²) in [5.41, 5.74) is 0. The van der Waals surface area contributed by atoms with Crippen molar-refractivity contribution in [3.05, 3.63) is 0 Å². The predicted molar refractivity (Wildman–Crippen MR) is 51.2 cm³/mol. The standard InChI is InChI=1S/C8H17NO3Si/c1-3-11-13(12-4-2)7-5-6-9(13)8-10/h8H,3-7H2,1-2H3. The minimum atomic E-state index is -2.30. The Bertz CT molecular complexity index is 171. The zero-order chi connectivity index (χ0) is 9.73. The Morgan fingerprint density at radius 1 is 1.38 bits per heavy atom. The first-order valence-corrected chi connectivity index (χ1v) is 6.76. The molecular weight excluding hydrogens is 186 g/mol. The summed E-state index contributed by atoms with van der Waals surface area (Å²) in [6.45, 7) is 5.91. The van der Waals surface area contributed by atoms with Crippen LogP contribution in [0.4, 0.5) is 0 Å². The first kappa shape index (κ1) is 10.7. The largest absolute Gasteiger partial charge is 0.461 e. The van der Waals surface area contributed by atoms with E-state index in [2.05, 4.69) is 0 Å². The van der Waals surface area contributed by atoms with Crippen molar-refractivity contribution in [1.29, 1.82) is 0 Å². The van der Waals surface area contributed by atoms with Crippen molar-refractivity contribution < 1.29 is 13.6 Å². The molecular formula is C8H17NO3Si. The molecule has 1 aliphatic heterocycles. The van der Waals surface area contributed by atoms with E-state index in [4.69, 9.17) is 8.85 Å². The number of rotatable bonds is 5. The molecule has 0 radical (unpaired) electrons. The summed E-state index contributed by atoms with van der Waals surface area (Å²) in [5, 5.41) is 0. The van der Waals surface area contributed by atoms with Crippen molar-refractivity contribution in [2.75, 3.05) is 19.8 Å². The van der Waals surface area contributed by atoms with Gasteiger partial charge in [-0.15, -0.1) is 0 Å². The summed E-state index contributed by atoms with van der Waals surface area (Å²) in [6.07, 6.45) is 1.87. The summed E-state index contributed by atoms with van der Waals surface area (Å²) in [7, 11) is -2.30. The van der Waals surface area contributed by atoms with E-state index in [1.54, 1.807) is 4.57 Å². The fraction of sp³-hybridized carbons (Fsp3) is 0.875. The molecule has 1 aliphatic rings. The Kier molecular flexibility index (Phi) is 3.89. The van der Waals surface area contributed by atoms with Crippen LogP contribution in [0.15, 0.2) is 0 Å². The highest BCUT2D eigenvalue weighted by Crippen LogP contribution is 2.26. The van der Waals surface area contributed by atoms with Crippen molar-refractivity contribution in [3.8, 4) is 0 Å². The summed E-state index contributed by atoms with van der Waals surface area (Å²) in [6, 6.07) is 0.910. The number of hydrogen-bond donors (Lipinski definition) is 0. The average molecular weight is 203 g/mol. The van der Waals surface area contributed by atoms with Gasteiger partial charge in [-0.25, -0.2) is 0 Å². The van der Waals surface area contributed by atoms with Gasteiger partial charge in [0.1, 0.15) is 0 Å². The lowest BCUT2D eigenvalue weighted by Crippen LogP contribution is -2.53. The third-order valence-electron chi connectivity index (χ3n) is 2.20. The molecule has 0 aliphatic carbocycles. The molecule has 1 heterocycles. The average Bonchev–Trinajstić information content (AvgIpc) is 2.49. The molecule has 0 bridgehead atoms. The third kappa shape index (κ3) is 2.10. The Morgan fingerprint density at radius 2 is 2.00 bits per heavy atom. The van der Waals surface area contributed by atoms with Crippen LogP contribution >= 0.6 is 0 Å². The molecule has 5 heteroatoms. The summed E-state index contributed by atoms with van der Waals surface area (Å²) in [4.78, 5) is 10.8. The van der Waals surface area contributed by atoms with Gasteiger partial charge in [0.2, 0.25) is 6.41 Å². The molecule has 0 aromatic carbocycles. The van der Waals surface area contributed by atoms with Gasteiger partial charge in [0.05, 0.1) is 0 Å². The highest BCUT2D eigenvalue weighted by atomic mass is 28.4. The number of nitrogens with zero attached hydrogens (tertiary/aromatic N) is 1. The molecule has 76 valence electrons. The van der Waals surface area contributed by atoms with Crippen LogP contribution in [0.5, 0.6) is 0 Å². The maximum Gasteiger partial charge on any atom is 0.461 e. The predicted octanol–water partition coefficient (Wildman–Crippen LogP) is 0.860. The minimum absolute atomic E-state index is 0.622. The fourth-order valence-corrected chi connectivity index (χ4v) is 4.88. The molecule has 0 aromatic rings. The highest BCUT2D eigenvalue weighted by Gasteiger charge is 2.48. The van der Waals surface area contributed by atoms with Crippen LogP contribution in [0, 0.1) is 0 Å². The molecule has 0 saturated carbocycles. The quantitative estimate of drug-likeness (QED) is 0.491. The van der Waals surface area contributed by atoms with Crippen molar-refractivity contribution in [2.24, 2.45) is 0 Å². The van der Waals surface area contributed by atoms with Gasteiger partial charge < -0.3 is 13.4 Å². The first-order valence-electron chi connectivity index (χ1n) is 4.79. The van der Waals surface area contributed by atoms with Crippen LogP contribution in [-0.4, -0.2) is 39.5 Å². The van der Waals surface area contributed by atoms with Gasteiger partial charge in [0, 0.05) is 25.8 Å².